The Morgan fingerprint density at radius 3 is 2.47 bits per heavy atom. The first kappa shape index (κ1) is 12.6. The van der Waals surface area contributed by atoms with Gasteiger partial charge in [-0.05, 0) is 37.5 Å². The van der Waals surface area contributed by atoms with E-state index in [1.165, 1.54) is 19.3 Å². The first-order chi connectivity index (χ1) is 7.04. The van der Waals surface area contributed by atoms with Crippen LogP contribution in [0.5, 0.6) is 0 Å². The number of terminal acetylenes is 1. The molecule has 0 saturated heterocycles. The summed E-state index contributed by atoms with van der Waals surface area (Å²) in [5, 5.41) is 3.59. The normalized spacial score (nSPS) is 33.7. The van der Waals surface area contributed by atoms with Crippen LogP contribution in [-0.2, 0) is 0 Å². The first-order valence-corrected chi connectivity index (χ1v) is 6.26. The molecule has 0 aliphatic heterocycles. The van der Waals surface area contributed by atoms with Gasteiger partial charge in [-0.2, -0.15) is 0 Å². The fourth-order valence-corrected chi connectivity index (χ4v) is 2.76. The average molecular weight is 207 g/mol. The van der Waals surface area contributed by atoms with Gasteiger partial charge in [-0.3, -0.25) is 0 Å². The van der Waals surface area contributed by atoms with Crippen molar-refractivity contribution >= 4 is 0 Å². The molecule has 86 valence electrons. The standard InChI is InChI=1S/C14H25N/c1-6-12(5)15-14-9-11(4)7-8-13(14)10(2)3/h1,10-15H,7-9H2,2-5H3. The van der Waals surface area contributed by atoms with Crippen LogP contribution < -0.4 is 5.32 Å². The predicted octanol–water partition coefficient (Wildman–Crippen LogP) is 3.06. The fourth-order valence-electron chi connectivity index (χ4n) is 2.76. The second-order valence-electron chi connectivity index (χ2n) is 5.49. The van der Waals surface area contributed by atoms with Crippen molar-refractivity contribution in [1.82, 2.24) is 5.32 Å². The van der Waals surface area contributed by atoms with Crippen LogP contribution in [0.3, 0.4) is 0 Å². The van der Waals surface area contributed by atoms with Gasteiger partial charge in [-0.1, -0.05) is 33.1 Å². The molecule has 0 aromatic carbocycles. The predicted molar refractivity (Wildman–Crippen MR) is 66.6 cm³/mol. The fraction of sp³-hybridized carbons (Fsp3) is 0.857. The molecule has 1 nitrogen and oxygen atoms in total. The van der Waals surface area contributed by atoms with Gasteiger partial charge in [0.1, 0.15) is 0 Å². The quantitative estimate of drug-likeness (QED) is 0.701. The Kier molecular flexibility index (Phi) is 4.67. The Hall–Kier alpha value is -0.480. The smallest absolute Gasteiger partial charge is 0.0660 e. The number of hydrogen-bond donors (Lipinski definition) is 1. The minimum absolute atomic E-state index is 0.210. The third-order valence-electron chi connectivity index (χ3n) is 3.74. The number of hydrogen-bond acceptors (Lipinski definition) is 1. The van der Waals surface area contributed by atoms with Crippen molar-refractivity contribution in [2.75, 3.05) is 0 Å². The second-order valence-corrected chi connectivity index (χ2v) is 5.49. The summed E-state index contributed by atoms with van der Waals surface area (Å²) in [6.07, 6.45) is 9.45. The van der Waals surface area contributed by atoms with E-state index in [0.717, 1.165) is 17.8 Å². The van der Waals surface area contributed by atoms with E-state index in [-0.39, 0.29) is 6.04 Å². The van der Waals surface area contributed by atoms with Gasteiger partial charge in [0, 0.05) is 6.04 Å². The maximum Gasteiger partial charge on any atom is 0.0660 e. The van der Waals surface area contributed by atoms with Gasteiger partial charge in [0.2, 0.25) is 0 Å². The van der Waals surface area contributed by atoms with Crippen molar-refractivity contribution in [2.24, 2.45) is 17.8 Å². The molecule has 1 heteroatoms. The summed E-state index contributed by atoms with van der Waals surface area (Å²) >= 11 is 0. The third kappa shape index (κ3) is 3.54. The Morgan fingerprint density at radius 1 is 1.27 bits per heavy atom. The highest BCUT2D eigenvalue weighted by molar-refractivity contribution is 4.99. The molecular weight excluding hydrogens is 182 g/mol. The summed E-state index contributed by atoms with van der Waals surface area (Å²) in [4.78, 5) is 0. The van der Waals surface area contributed by atoms with E-state index in [0.29, 0.717) is 6.04 Å². The molecule has 0 heterocycles. The zero-order valence-electron chi connectivity index (χ0n) is 10.6. The third-order valence-corrected chi connectivity index (χ3v) is 3.74. The van der Waals surface area contributed by atoms with E-state index in [1.54, 1.807) is 0 Å². The molecule has 0 spiro atoms. The summed E-state index contributed by atoms with van der Waals surface area (Å²) in [5.41, 5.74) is 0. The Bertz CT molecular complexity index is 226. The summed E-state index contributed by atoms with van der Waals surface area (Å²) in [6, 6.07) is 0.835. The Morgan fingerprint density at radius 2 is 1.93 bits per heavy atom. The molecule has 0 amide bonds. The number of rotatable bonds is 3. The molecule has 1 rings (SSSR count). The van der Waals surface area contributed by atoms with E-state index in [1.807, 2.05) is 0 Å². The molecule has 1 fully saturated rings. The largest absolute Gasteiger partial charge is 0.301 e. The Labute approximate surface area is 95.0 Å². The van der Waals surface area contributed by atoms with Gasteiger partial charge in [-0.15, -0.1) is 6.42 Å². The monoisotopic (exact) mass is 207 g/mol. The molecule has 1 aliphatic carbocycles. The van der Waals surface area contributed by atoms with Crippen LogP contribution >= 0.6 is 0 Å². The molecule has 1 N–H and O–H groups in total. The maximum atomic E-state index is 5.43. The van der Waals surface area contributed by atoms with Crippen LogP contribution in [0.4, 0.5) is 0 Å². The van der Waals surface area contributed by atoms with Gasteiger partial charge in [-0.25, -0.2) is 0 Å². The second kappa shape index (κ2) is 5.56. The van der Waals surface area contributed by atoms with E-state index in [9.17, 15) is 0 Å². The lowest BCUT2D eigenvalue weighted by atomic mass is 9.74. The zero-order valence-corrected chi connectivity index (χ0v) is 10.6. The summed E-state index contributed by atoms with van der Waals surface area (Å²) in [5.74, 6) is 5.19. The van der Waals surface area contributed by atoms with Crippen molar-refractivity contribution < 1.29 is 0 Å². The molecule has 4 unspecified atom stereocenters. The van der Waals surface area contributed by atoms with Crippen molar-refractivity contribution in [3.63, 3.8) is 0 Å². The van der Waals surface area contributed by atoms with Crippen molar-refractivity contribution in [3.8, 4) is 12.3 Å². The van der Waals surface area contributed by atoms with E-state index < -0.39 is 0 Å². The van der Waals surface area contributed by atoms with Gasteiger partial charge < -0.3 is 5.32 Å². The van der Waals surface area contributed by atoms with Crippen LogP contribution in [0, 0.1) is 30.1 Å². The van der Waals surface area contributed by atoms with Crippen LogP contribution in [0.15, 0.2) is 0 Å². The molecule has 0 bridgehead atoms. The van der Waals surface area contributed by atoms with Crippen LogP contribution in [0.2, 0.25) is 0 Å². The van der Waals surface area contributed by atoms with Crippen molar-refractivity contribution in [2.45, 2.75) is 59.0 Å². The zero-order chi connectivity index (χ0) is 11.4. The van der Waals surface area contributed by atoms with Gasteiger partial charge in [0.05, 0.1) is 6.04 Å². The highest BCUT2D eigenvalue weighted by atomic mass is 14.9. The minimum Gasteiger partial charge on any atom is -0.301 e. The summed E-state index contributed by atoms with van der Waals surface area (Å²) in [6.45, 7) is 9.09. The molecule has 0 aromatic heterocycles. The maximum absolute atomic E-state index is 5.43. The van der Waals surface area contributed by atoms with Gasteiger partial charge in [0.25, 0.3) is 0 Å². The highest BCUT2D eigenvalue weighted by Crippen LogP contribution is 2.33. The first-order valence-electron chi connectivity index (χ1n) is 6.26. The van der Waals surface area contributed by atoms with Crippen molar-refractivity contribution in [1.29, 1.82) is 0 Å². The lowest BCUT2D eigenvalue weighted by Gasteiger charge is -2.38. The summed E-state index contributed by atoms with van der Waals surface area (Å²) in [7, 11) is 0. The average Bonchev–Trinajstić information content (AvgIpc) is 2.17. The molecule has 1 aliphatic rings. The van der Waals surface area contributed by atoms with Crippen molar-refractivity contribution in [3.05, 3.63) is 0 Å². The lowest BCUT2D eigenvalue weighted by molar-refractivity contribution is 0.167. The molecule has 4 atom stereocenters. The van der Waals surface area contributed by atoms with Crippen LogP contribution in [0.25, 0.3) is 0 Å². The SMILES string of the molecule is C#CC(C)NC1CC(C)CCC1C(C)C. The Balaban J connectivity index is 2.58. The van der Waals surface area contributed by atoms with Gasteiger partial charge in [0.15, 0.2) is 0 Å². The van der Waals surface area contributed by atoms with E-state index in [2.05, 4.69) is 38.9 Å². The summed E-state index contributed by atoms with van der Waals surface area (Å²) < 4.78 is 0. The van der Waals surface area contributed by atoms with Crippen LogP contribution in [0.1, 0.15) is 47.0 Å². The van der Waals surface area contributed by atoms with E-state index >= 15 is 0 Å². The minimum atomic E-state index is 0.210. The van der Waals surface area contributed by atoms with Gasteiger partial charge >= 0.3 is 0 Å². The molecule has 0 aromatic rings. The molecule has 1 saturated carbocycles. The molecule has 15 heavy (non-hydrogen) atoms. The molecular formula is C14H25N. The van der Waals surface area contributed by atoms with Crippen LogP contribution in [-0.4, -0.2) is 12.1 Å². The highest BCUT2D eigenvalue weighted by Gasteiger charge is 2.30. The topological polar surface area (TPSA) is 12.0 Å². The molecule has 0 radical (unpaired) electrons. The van der Waals surface area contributed by atoms with E-state index in [4.69, 9.17) is 6.42 Å². The number of nitrogens with one attached hydrogen (secondary N) is 1. The lowest BCUT2D eigenvalue weighted by Crippen LogP contribution is -2.46.